The average molecular weight is 242 g/mol. The van der Waals surface area contributed by atoms with Gasteiger partial charge in [-0.1, -0.05) is 11.6 Å². The lowest BCUT2D eigenvalue weighted by Crippen LogP contribution is -2.39. The van der Waals surface area contributed by atoms with Crippen LogP contribution < -0.4 is 5.32 Å². The zero-order valence-electron chi connectivity index (χ0n) is 8.48. The zero-order chi connectivity index (χ0) is 11.7. The number of carbonyl (C=O) groups is 1. The number of benzene rings is 1. The molecule has 1 aromatic carbocycles. The number of hydrogen-bond acceptors (Lipinski definition) is 3. The number of carboxylic acids is 1. The van der Waals surface area contributed by atoms with E-state index in [1.807, 2.05) is 0 Å². The molecule has 0 aliphatic heterocycles. The zero-order valence-corrected chi connectivity index (χ0v) is 9.24. The Hall–Kier alpha value is -1.26. The summed E-state index contributed by atoms with van der Waals surface area (Å²) in [5.41, 5.74) is 0.882. The van der Waals surface area contributed by atoms with Gasteiger partial charge in [0.1, 0.15) is 0 Å². The van der Waals surface area contributed by atoms with Crippen molar-refractivity contribution < 1.29 is 15.0 Å². The molecule has 2 rings (SSSR count). The number of carboxylic acid groups (broad SMARTS) is 1. The van der Waals surface area contributed by atoms with Crippen LogP contribution in [-0.4, -0.2) is 28.3 Å². The van der Waals surface area contributed by atoms with Gasteiger partial charge in [0.15, 0.2) is 0 Å². The Labute approximate surface area is 97.9 Å². The average Bonchev–Trinajstić information content (AvgIpc) is 2.18. The van der Waals surface area contributed by atoms with Crippen LogP contribution >= 0.6 is 11.6 Å². The number of halogens is 1. The molecule has 0 spiro atoms. The topological polar surface area (TPSA) is 69.6 Å². The van der Waals surface area contributed by atoms with Gasteiger partial charge in [-0.15, -0.1) is 0 Å². The van der Waals surface area contributed by atoms with Gasteiger partial charge in [-0.25, -0.2) is 4.79 Å². The Morgan fingerprint density at radius 2 is 2.12 bits per heavy atom. The number of aliphatic hydroxyl groups excluding tert-OH is 1. The van der Waals surface area contributed by atoms with E-state index in [-0.39, 0.29) is 17.7 Å². The lowest BCUT2D eigenvalue weighted by Gasteiger charge is -2.33. The molecule has 0 radical (unpaired) electrons. The molecule has 0 saturated heterocycles. The van der Waals surface area contributed by atoms with E-state index in [2.05, 4.69) is 5.32 Å². The Kier molecular flexibility index (Phi) is 3.03. The normalized spacial score (nSPS) is 23.6. The van der Waals surface area contributed by atoms with Gasteiger partial charge in [0.25, 0.3) is 0 Å². The second-order valence-corrected chi connectivity index (χ2v) is 4.37. The molecule has 0 amide bonds. The van der Waals surface area contributed by atoms with E-state index in [0.717, 1.165) is 0 Å². The molecule has 5 heteroatoms. The molecule has 0 atom stereocenters. The fourth-order valence-corrected chi connectivity index (χ4v) is 1.93. The van der Waals surface area contributed by atoms with Gasteiger partial charge in [0.2, 0.25) is 0 Å². The van der Waals surface area contributed by atoms with E-state index in [1.54, 1.807) is 6.07 Å². The summed E-state index contributed by atoms with van der Waals surface area (Å²) in [6.45, 7) is 0. The molecule has 1 aliphatic carbocycles. The number of aromatic carboxylic acids is 1. The molecule has 1 fully saturated rings. The van der Waals surface area contributed by atoms with Crippen LogP contribution in [0.2, 0.25) is 5.02 Å². The van der Waals surface area contributed by atoms with Crippen molar-refractivity contribution in [3.63, 3.8) is 0 Å². The van der Waals surface area contributed by atoms with Crippen LogP contribution in [0.1, 0.15) is 23.2 Å². The maximum atomic E-state index is 10.7. The SMILES string of the molecule is O=C(O)c1ccc(NC2CC(O)C2)c(Cl)c1. The molecule has 16 heavy (non-hydrogen) atoms. The third-order valence-corrected chi connectivity index (χ3v) is 3.00. The molecule has 86 valence electrons. The first-order valence-corrected chi connectivity index (χ1v) is 5.41. The van der Waals surface area contributed by atoms with Crippen molar-refractivity contribution in [3.05, 3.63) is 28.8 Å². The highest BCUT2D eigenvalue weighted by atomic mass is 35.5. The monoisotopic (exact) mass is 241 g/mol. The molecule has 0 bridgehead atoms. The van der Waals surface area contributed by atoms with Crippen LogP contribution in [0.4, 0.5) is 5.69 Å². The largest absolute Gasteiger partial charge is 0.478 e. The summed E-state index contributed by atoms with van der Waals surface area (Å²) < 4.78 is 0. The summed E-state index contributed by atoms with van der Waals surface area (Å²) in [4.78, 5) is 10.7. The van der Waals surface area contributed by atoms with Gasteiger partial charge < -0.3 is 15.5 Å². The van der Waals surface area contributed by atoms with Crippen molar-refractivity contribution in [3.8, 4) is 0 Å². The van der Waals surface area contributed by atoms with Crippen LogP contribution in [0.3, 0.4) is 0 Å². The number of rotatable bonds is 3. The van der Waals surface area contributed by atoms with Crippen LogP contribution in [0, 0.1) is 0 Å². The minimum atomic E-state index is -0.993. The highest BCUT2D eigenvalue weighted by Crippen LogP contribution is 2.29. The molecule has 0 aromatic heterocycles. The van der Waals surface area contributed by atoms with Gasteiger partial charge in [-0.05, 0) is 31.0 Å². The van der Waals surface area contributed by atoms with Gasteiger partial charge in [-0.3, -0.25) is 0 Å². The van der Waals surface area contributed by atoms with Crippen LogP contribution in [0.25, 0.3) is 0 Å². The quantitative estimate of drug-likeness (QED) is 0.757. The Balaban J connectivity index is 2.07. The van der Waals surface area contributed by atoms with E-state index in [0.29, 0.717) is 23.6 Å². The van der Waals surface area contributed by atoms with Crippen LogP contribution in [0.15, 0.2) is 18.2 Å². The molecule has 0 heterocycles. The van der Waals surface area contributed by atoms with E-state index < -0.39 is 5.97 Å². The fourth-order valence-electron chi connectivity index (χ4n) is 1.69. The van der Waals surface area contributed by atoms with Crippen LogP contribution in [0.5, 0.6) is 0 Å². The standard InChI is InChI=1S/C11H12ClNO3/c12-9-3-6(11(15)16)1-2-10(9)13-7-4-8(14)5-7/h1-3,7-8,13-14H,4-5H2,(H,15,16). The minimum Gasteiger partial charge on any atom is -0.478 e. The highest BCUT2D eigenvalue weighted by molar-refractivity contribution is 6.33. The van der Waals surface area contributed by atoms with Crippen molar-refractivity contribution in [2.45, 2.75) is 25.0 Å². The summed E-state index contributed by atoms with van der Waals surface area (Å²) in [7, 11) is 0. The maximum Gasteiger partial charge on any atom is 0.335 e. The van der Waals surface area contributed by atoms with Gasteiger partial charge in [0.05, 0.1) is 22.4 Å². The molecule has 3 N–H and O–H groups in total. The van der Waals surface area contributed by atoms with Crippen LogP contribution in [-0.2, 0) is 0 Å². The van der Waals surface area contributed by atoms with E-state index in [9.17, 15) is 4.79 Å². The molecule has 1 aliphatic rings. The first kappa shape index (κ1) is 11.2. The number of aliphatic hydroxyl groups is 1. The second-order valence-electron chi connectivity index (χ2n) is 3.97. The molecule has 1 saturated carbocycles. The Bertz CT molecular complexity index is 416. The Morgan fingerprint density at radius 3 is 2.62 bits per heavy atom. The molecular formula is C11H12ClNO3. The third kappa shape index (κ3) is 2.28. The molecule has 4 nitrogen and oxygen atoms in total. The Morgan fingerprint density at radius 1 is 1.44 bits per heavy atom. The minimum absolute atomic E-state index is 0.171. The highest BCUT2D eigenvalue weighted by Gasteiger charge is 2.27. The lowest BCUT2D eigenvalue weighted by atomic mass is 9.89. The fraction of sp³-hybridized carbons (Fsp3) is 0.364. The van der Waals surface area contributed by atoms with Gasteiger partial charge in [-0.2, -0.15) is 0 Å². The summed E-state index contributed by atoms with van der Waals surface area (Å²) in [6, 6.07) is 4.80. The van der Waals surface area contributed by atoms with Crippen molar-refractivity contribution in [1.82, 2.24) is 0 Å². The summed E-state index contributed by atoms with van der Waals surface area (Å²) in [6.07, 6.45) is 1.18. The first-order valence-electron chi connectivity index (χ1n) is 5.03. The predicted molar refractivity (Wildman–Crippen MR) is 61.1 cm³/mol. The summed E-state index contributed by atoms with van der Waals surface area (Å²) in [5, 5.41) is 21.4. The smallest absolute Gasteiger partial charge is 0.335 e. The van der Waals surface area contributed by atoms with Crippen molar-refractivity contribution in [1.29, 1.82) is 0 Å². The lowest BCUT2D eigenvalue weighted by molar-refractivity contribution is 0.0697. The maximum absolute atomic E-state index is 10.7. The number of anilines is 1. The van der Waals surface area contributed by atoms with E-state index in [1.165, 1.54) is 12.1 Å². The first-order chi connectivity index (χ1) is 7.56. The summed E-state index contributed by atoms with van der Waals surface area (Å²) in [5.74, 6) is -0.993. The van der Waals surface area contributed by atoms with Gasteiger partial charge >= 0.3 is 5.97 Å². The number of hydrogen-bond donors (Lipinski definition) is 3. The molecular weight excluding hydrogens is 230 g/mol. The van der Waals surface area contributed by atoms with Crippen molar-refractivity contribution >= 4 is 23.3 Å². The van der Waals surface area contributed by atoms with Crippen molar-refractivity contribution in [2.24, 2.45) is 0 Å². The van der Waals surface area contributed by atoms with Gasteiger partial charge in [0, 0.05) is 6.04 Å². The van der Waals surface area contributed by atoms with Crippen molar-refractivity contribution in [2.75, 3.05) is 5.32 Å². The third-order valence-electron chi connectivity index (χ3n) is 2.69. The predicted octanol–water partition coefficient (Wildman–Crippen LogP) is 1.97. The van der Waals surface area contributed by atoms with E-state index >= 15 is 0 Å². The summed E-state index contributed by atoms with van der Waals surface area (Å²) >= 11 is 5.95. The molecule has 1 aromatic rings. The van der Waals surface area contributed by atoms with E-state index in [4.69, 9.17) is 21.8 Å². The molecule has 0 unspecified atom stereocenters. The second kappa shape index (κ2) is 4.31. The number of nitrogens with one attached hydrogen (secondary N) is 1.